The van der Waals surface area contributed by atoms with Gasteiger partial charge in [-0.15, -0.1) is 0 Å². The lowest BCUT2D eigenvalue weighted by molar-refractivity contribution is 0.522. The lowest BCUT2D eigenvalue weighted by Gasteiger charge is -2.29. The Bertz CT molecular complexity index is 1620. The second kappa shape index (κ2) is 7.83. The maximum absolute atomic E-state index is 2.55. The van der Waals surface area contributed by atoms with E-state index in [0.29, 0.717) is 0 Å². The first kappa shape index (κ1) is 22.4. The first-order chi connectivity index (χ1) is 17.9. The molecule has 37 heavy (non-hydrogen) atoms. The number of fused-ring (bicyclic) bond motifs is 6. The largest absolute Gasteiger partial charge is 0.310 e. The van der Waals surface area contributed by atoms with Crippen LogP contribution >= 0.6 is 0 Å². The maximum atomic E-state index is 2.55. The van der Waals surface area contributed by atoms with E-state index in [2.05, 4.69) is 136 Å². The highest BCUT2D eigenvalue weighted by Gasteiger charge is 2.41. The van der Waals surface area contributed by atoms with Crippen LogP contribution in [-0.2, 0) is 17.3 Å². The van der Waals surface area contributed by atoms with Crippen molar-refractivity contribution in [3.05, 3.63) is 125 Å². The van der Waals surface area contributed by atoms with Gasteiger partial charge in [0.1, 0.15) is 0 Å². The molecular formula is C36H33N. The first-order valence-corrected chi connectivity index (χ1v) is 13.5. The van der Waals surface area contributed by atoms with E-state index >= 15 is 0 Å². The minimum atomic E-state index is -0.0652. The second-order valence-electron chi connectivity index (χ2n) is 11.9. The summed E-state index contributed by atoms with van der Waals surface area (Å²) >= 11 is 0. The molecular weight excluding hydrogens is 446 g/mol. The predicted molar refractivity (Wildman–Crippen MR) is 158 cm³/mol. The predicted octanol–water partition coefficient (Wildman–Crippen LogP) is 9.84. The van der Waals surface area contributed by atoms with Gasteiger partial charge in [0.05, 0.1) is 5.69 Å². The van der Waals surface area contributed by atoms with Crippen LogP contribution in [0.25, 0.3) is 21.9 Å². The van der Waals surface area contributed by atoms with Gasteiger partial charge in [-0.25, -0.2) is 0 Å². The number of nitrogens with zero attached hydrogens (tertiary/aromatic N) is 1. The molecule has 0 fully saturated rings. The van der Waals surface area contributed by atoms with Crippen LogP contribution in [0.4, 0.5) is 17.1 Å². The zero-order valence-electron chi connectivity index (χ0n) is 22.2. The van der Waals surface area contributed by atoms with Gasteiger partial charge in [0.25, 0.3) is 0 Å². The van der Waals surface area contributed by atoms with Gasteiger partial charge >= 0.3 is 0 Å². The van der Waals surface area contributed by atoms with E-state index in [0.717, 1.165) is 0 Å². The summed E-state index contributed by atoms with van der Waals surface area (Å²) in [5.41, 5.74) is 12.6. The number of benzene rings is 5. The monoisotopic (exact) mass is 479 g/mol. The van der Waals surface area contributed by atoms with Gasteiger partial charge in [0, 0.05) is 22.2 Å². The summed E-state index contributed by atoms with van der Waals surface area (Å²) in [5, 5.41) is 2.63. The summed E-state index contributed by atoms with van der Waals surface area (Å²) in [5.74, 6) is 0. The topological polar surface area (TPSA) is 3.24 Å². The molecule has 0 aliphatic heterocycles. The van der Waals surface area contributed by atoms with Crippen LogP contribution in [0.15, 0.2) is 103 Å². The molecule has 2 aliphatic rings. The summed E-state index contributed by atoms with van der Waals surface area (Å²) in [6.07, 6.45) is 2.42. The minimum Gasteiger partial charge on any atom is -0.310 e. The van der Waals surface area contributed by atoms with Gasteiger partial charge < -0.3 is 4.90 Å². The number of para-hydroxylation sites is 2. The third kappa shape index (κ3) is 3.23. The smallest absolute Gasteiger partial charge is 0.0543 e. The number of hydrogen-bond donors (Lipinski definition) is 0. The molecule has 0 heterocycles. The fourth-order valence-corrected chi connectivity index (χ4v) is 6.84. The average molecular weight is 480 g/mol. The molecule has 0 saturated carbocycles. The van der Waals surface area contributed by atoms with Crippen molar-refractivity contribution in [3.8, 4) is 11.1 Å². The van der Waals surface area contributed by atoms with Crippen LogP contribution in [0, 0.1) is 0 Å². The van der Waals surface area contributed by atoms with E-state index in [4.69, 9.17) is 0 Å². The van der Waals surface area contributed by atoms with E-state index < -0.39 is 0 Å². The van der Waals surface area contributed by atoms with E-state index in [1.165, 1.54) is 62.9 Å². The Morgan fingerprint density at radius 1 is 0.595 bits per heavy atom. The van der Waals surface area contributed by atoms with Crippen LogP contribution in [0.5, 0.6) is 0 Å². The van der Waals surface area contributed by atoms with Gasteiger partial charge in [-0.05, 0) is 93.4 Å². The van der Waals surface area contributed by atoms with Crippen LogP contribution in [0.3, 0.4) is 0 Å². The van der Waals surface area contributed by atoms with Crippen LogP contribution in [0.1, 0.15) is 56.4 Å². The lowest BCUT2D eigenvalue weighted by atomic mass is 9.80. The fourth-order valence-electron chi connectivity index (χ4n) is 6.84. The van der Waals surface area contributed by atoms with Gasteiger partial charge in [-0.1, -0.05) is 94.4 Å². The molecule has 182 valence electrons. The van der Waals surface area contributed by atoms with Crippen LogP contribution in [0.2, 0.25) is 0 Å². The molecule has 5 aromatic rings. The lowest BCUT2D eigenvalue weighted by Crippen LogP contribution is -2.17. The number of aryl methyl sites for hydroxylation is 1. The van der Waals surface area contributed by atoms with E-state index in [1.807, 2.05) is 0 Å². The highest BCUT2D eigenvalue weighted by atomic mass is 15.1. The molecule has 5 aromatic carbocycles. The van der Waals surface area contributed by atoms with Crippen molar-refractivity contribution in [1.82, 2.24) is 0 Å². The van der Waals surface area contributed by atoms with Crippen molar-refractivity contribution in [2.24, 2.45) is 0 Å². The molecule has 0 aromatic heterocycles. The van der Waals surface area contributed by atoms with Crippen molar-refractivity contribution in [3.63, 3.8) is 0 Å². The average Bonchev–Trinajstić information content (AvgIpc) is 3.34. The fraction of sp³-hybridized carbons (Fsp3) is 0.222. The Hall–Kier alpha value is -3.84. The van der Waals surface area contributed by atoms with Crippen LogP contribution in [-0.4, -0.2) is 0 Å². The van der Waals surface area contributed by atoms with Gasteiger partial charge in [-0.2, -0.15) is 0 Å². The first-order valence-electron chi connectivity index (χ1n) is 13.5. The number of hydrogen-bond acceptors (Lipinski definition) is 1. The Morgan fingerprint density at radius 3 is 1.84 bits per heavy atom. The molecule has 1 heteroatoms. The van der Waals surface area contributed by atoms with Gasteiger partial charge in [0.15, 0.2) is 0 Å². The molecule has 0 N–H and O–H groups in total. The minimum absolute atomic E-state index is 0.0652. The van der Waals surface area contributed by atoms with E-state index in [1.54, 1.807) is 11.1 Å². The van der Waals surface area contributed by atoms with Crippen molar-refractivity contribution < 1.29 is 0 Å². The molecule has 0 unspecified atom stereocenters. The van der Waals surface area contributed by atoms with E-state index in [-0.39, 0.29) is 10.8 Å². The van der Waals surface area contributed by atoms with Gasteiger partial charge in [0.2, 0.25) is 0 Å². The third-order valence-corrected chi connectivity index (χ3v) is 8.90. The summed E-state index contributed by atoms with van der Waals surface area (Å²) in [7, 11) is 0. The third-order valence-electron chi connectivity index (χ3n) is 8.90. The summed E-state index contributed by atoms with van der Waals surface area (Å²) in [6.45, 7) is 9.65. The molecule has 0 radical (unpaired) electrons. The van der Waals surface area contributed by atoms with Crippen molar-refractivity contribution in [1.29, 1.82) is 0 Å². The Morgan fingerprint density at radius 2 is 1.19 bits per heavy atom. The van der Waals surface area contributed by atoms with E-state index in [9.17, 15) is 0 Å². The highest BCUT2D eigenvalue weighted by molar-refractivity contribution is 6.10. The summed E-state index contributed by atoms with van der Waals surface area (Å²) in [6, 6.07) is 38.1. The molecule has 0 atom stereocenters. The van der Waals surface area contributed by atoms with Crippen molar-refractivity contribution >= 4 is 27.8 Å². The Balaban J connectivity index is 1.55. The van der Waals surface area contributed by atoms with Gasteiger partial charge in [-0.3, -0.25) is 0 Å². The quantitative estimate of drug-likeness (QED) is 0.249. The molecule has 0 saturated heterocycles. The zero-order chi connectivity index (χ0) is 25.4. The standard InChI is InChI=1S/C36H33N/c1-35(2)20-19-24-21-31-29(22-30(24)35)34-28-18-12-11-17-27(28)33(23-32(34)36(31,3)4)37(25-13-7-5-8-14-25)26-15-9-6-10-16-26/h5-18,21-23H,19-20H2,1-4H3. The Kier molecular flexibility index (Phi) is 4.73. The van der Waals surface area contributed by atoms with Crippen molar-refractivity contribution in [2.75, 3.05) is 4.90 Å². The molecule has 0 spiro atoms. The molecule has 1 nitrogen and oxygen atoms in total. The number of anilines is 3. The van der Waals surface area contributed by atoms with Crippen molar-refractivity contribution in [2.45, 2.75) is 51.4 Å². The normalized spacial score (nSPS) is 16.3. The number of rotatable bonds is 3. The van der Waals surface area contributed by atoms with Crippen LogP contribution < -0.4 is 4.90 Å². The zero-order valence-corrected chi connectivity index (χ0v) is 22.2. The summed E-state index contributed by atoms with van der Waals surface area (Å²) < 4.78 is 0. The maximum Gasteiger partial charge on any atom is 0.0543 e. The molecule has 0 bridgehead atoms. The second-order valence-corrected chi connectivity index (χ2v) is 11.9. The molecule has 2 aliphatic carbocycles. The molecule has 7 rings (SSSR count). The highest BCUT2D eigenvalue weighted by Crippen LogP contribution is 2.56. The Labute approximate surface area is 220 Å². The summed E-state index contributed by atoms with van der Waals surface area (Å²) in [4.78, 5) is 2.42. The molecule has 0 amide bonds. The SMILES string of the molecule is CC1(C)CCc2cc3c(cc21)-c1c(cc(N(c2ccccc2)c2ccccc2)c2ccccc12)C3(C)C.